The highest BCUT2D eigenvalue weighted by Crippen LogP contribution is 2.51. The number of rotatable bonds is 2. The first-order valence-corrected chi connectivity index (χ1v) is 17.7. The molecule has 12 rings (SSSR count). The molecule has 0 aliphatic carbocycles. The second-order valence-corrected chi connectivity index (χ2v) is 14.0. The van der Waals surface area contributed by atoms with E-state index in [0.29, 0.717) is 0 Å². The highest BCUT2D eigenvalue weighted by Gasteiger charge is 2.24. The Labute approximate surface area is 288 Å². The zero-order valence-corrected chi connectivity index (χ0v) is 27.3. The van der Waals surface area contributed by atoms with E-state index in [9.17, 15) is 0 Å². The zero-order chi connectivity index (χ0) is 32.5. The van der Waals surface area contributed by atoms with Crippen LogP contribution >= 0.6 is 11.3 Å². The third-order valence-corrected chi connectivity index (χ3v) is 11.5. The van der Waals surface area contributed by atoms with Crippen LogP contribution in [-0.4, -0.2) is 0 Å². The molecule has 0 N–H and O–H groups in total. The molecule has 0 saturated carbocycles. The number of benzene rings is 8. The van der Waals surface area contributed by atoms with Crippen LogP contribution in [0.2, 0.25) is 0 Å². The van der Waals surface area contributed by atoms with E-state index in [4.69, 9.17) is 13.3 Å². The van der Waals surface area contributed by atoms with E-state index in [0.717, 1.165) is 66.0 Å². The normalized spacial score (nSPS) is 12.4. The predicted octanol–water partition coefficient (Wildman–Crippen LogP) is 14.2. The molecule has 4 heteroatoms. The molecule has 4 aromatic heterocycles. The van der Waals surface area contributed by atoms with Crippen molar-refractivity contribution in [2.75, 3.05) is 0 Å². The van der Waals surface area contributed by atoms with E-state index in [2.05, 4.69) is 127 Å². The van der Waals surface area contributed by atoms with Crippen LogP contribution in [0.15, 0.2) is 158 Å². The quantitative estimate of drug-likeness (QED) is 0.174. The van der Waals surface area contributed by atoms with Gasteiger partial charge in [-0.25, -0.2) is 0 Å². The number of para-hydroxylation sites is 2. The average Bonchev–Trinajstić information content (AvgIpc) is 3.95. The molecule has 0 fully saturated rings. The Kier molecular flexibility index (Phi) is 5.12. The fourth-order valence-corrected chi connectivity index (χ4v) is 9.40. The second kappa shape index (κ2) is 9.63. The summed E-state index contributed by atoms with van der Waals surface area (Å²) in [7, 11) is 0. The number of furan rings is 3. The Morgan fingerprint density at radius 3 is 1.72 bits per heavy atom. The third kappa shape index (κ3) is 3.43. The standard InChI is InChI=1S/C46H24O3S/c1-3-12-30-28(10-1)40(25-17-19-37-34(23-25)43-38(47-37)20-18-32-27-9-5-7-15-35(27)49-45(32)43)29-11-2-4-13-31(29)41(30)44-42-33-14-6-8-16-36(33)48-39(42)24-26-21-22-50-46(26)44/h1-24H. The van der Waals surface area contributed by atoms with Crippen molar-refractivity contribution in [3.8, 4) is 22.3 Å². The summed E-state index contributed by atoms with van der Waals surface area (Å²) in [5.41, 5.74) is 10.1. The summed E-state index contributed by atoms with van der Waals surface area (Å²) < 4.78 is 20.7. The number of hydrogen-bond donors (Lipinski definition) is 0. The molecular formula is C46H24O3S. The van der Waals surface area contributed by atoms with Gasteiger partial charge in [-0.1, -0.05) is 91.0 Å². The molecule has 0 spiro atoms. The van der Waals surface area contributed by atoms with Crippen LogP contribution in [0.1, 0.15) is 0 Å². The minimum atomic E-state index is 0.828. The van der Waals surface area contributed by atoms with Crippen LogP contribution in [0.5, 0.6) is 0 Å². The molecule has 0 saturated heterocycles. The van der Waals surface area contributed by atoms with Gasteiger partial charge in [0.25, 0.3) is 0 Å². The first-order valence-electron chi connectivity index (χ1n) is 16.8. The van der Waals surface area contributed by atoms with Gasteiger partial charge < -0.3 is 13.3 Å². The molecule has 4 heterocycles. The van der Waals surface area contributed by atoms with Gasteiger partial charge in [0.05, 0.1) is 5.39 Å². The summed E-state index contributed by atoms with van der Waals surface area (Å²) in [6.45, 7) is 0. The van der Waals surface area contributed by atoms with Gasteiger partial charge in [0.15, 0.2) is 0 Å². The summed E-state index contributed by atoms with van der Waals surface area (Å²) in [4.78, 5) is 0. The molecule has 12 aromatic rings. The van der Waals surface area contributed by atoms with Crippen molar-refractivity contribution >= 4 is 109 Å². The highest BCUT2D eigenvalue weighted by atomic mass is 32.1. The maximum absolute atomic E-state index is 6.52. The summed E-state index contributed by atoms with van der Waals surface area (Å²) in [5.74, 6) is 0. The zero-order valence-electron chi connectivity index (χ0n) is 26.5. The maximum Gasteiger partial charge on any atom is 0.147 e. The summed E-state index contributed by atoms with van der Waals surface area (Å²) in [6, 6.07) is 49.6. The molecule has 0 radical (unpaired) electrons. The van der Waals surface area contributed by atoms with Crippen molar-refractivity contribution in [1.82, 2.24) is 0 Å². The van der Waals surface area contributed by atoms with Gasteiger partial charge >= 0.3 is 0 Å². The molecule has 0 aliphatic rings. The minimum Gasteiger partial charge on any atom is -0.456 e. The molecule has 0 bridgehead atoms. The summed E-state index contributed by atoms with van der Waals surface area (Å²) in [6.07, 6.45) is 0. The van der Waals surface area contributed by atoms with Crippen LogP contribution in [-0.2, 0) is 0 Å². The minimum absolute atomic E-state index is 0.828. The van der Waals surface area contributed by atoms with Crippen molar-refractivity contribution in [2.45, 2.75) is 0 Å². The molecule has 0 atom stereocenters. The van der Waals surface area contributed by atoms with Crippen LogP contribution in [0.3, 0.4) is 0 Å². The topological polar surface area (TPSA) is 39.4 Å². The van der Waals surface area contributed by atoms with Gasteiger partial charge in [0.2, 0.25) is 0 Å². The predicted molar refractivity (Wildman–Crippen MR) is 210 cm³/mol. The van der Waals surface area contributed by atoms with Crippen molar-refractivity contribution < 1.29 is 13.3 Å². The van der Waals surface area contributed by atoms with Crippen LogP contribution in [0, 0.1) is 0 Å². The van der Waals surface area contributed by atoms with E-state index < -0.39 is 0 Å². The first kappa shape index (κ1) is 26.6. The third-order valence-electron chi connectivity index (χ3n) is 10.5. The average molecular weight is 657 g/mol. The molecule has 0 aliphatic heterocycles. The lowest BCUT2D eigenvalue weighted by Gasteiger charge is -2.19. The fourth-order valence-electron chi connectivity index (χ4n) is 8.46. The van der Waals surface area contributed by atoms with Gasteiger partial charge in [-0.15, -0.1) is 11.3 Å². The molecule has 50 heavy (non-hydrogen) atoms. The highest BCUT2D eigenvalue weighted by molar-refractivity contribution is 7.18. The van der Waals surface area contributed by atoms with Crippen molar-refractivity contribution in [3.63, 3.8) is 0 Å². The Morgan fingerprint density at radius 1 is 0.360 bits per heavy atom. The Bertz CT molecular complexity index is 3330. The maximum atomic E-state index is 6.52. The number of thiophene rings is 1. The molecule has 0 unspecified atom stereocenters. The SMILES string of the molecule is c1ccc2c(c1)oc1c2ccc2oc3ccc(-c4c5ccccc5c(-c5c6sccc6cc6oc7ccccc7c56)c5ccccc45)cc3c21. The van der Waals surface area contributed by atoms with Gasteiger partial charge in [-0.05, 0) is 97.5 Å². The Hall–Kier alpha value is -6.36. The molecule has 0 amide bonds. The molecule has 8 aromatic carbocycles. The largest absolute Gasteiger partial charge is 0.456 e. The molecular weight excluding hydrogens is 633 g/mol. The smallest absolute Gasteiger partial charge is 0.147 e. The number of fused-ring (bicyclic) bond motifs is 13. The van der Waals surface area contributed by atoms with Crippen LogP contribution < -0.4 is 0 Å². The number of hydrogen-bond acceptors (Lipinski definition) is 4. The lowest BCUT2D eigenvalue weighted by atomic mass is 9.84. The van der Waals surface area contributed by atoms with Crippen LogP contribution in [0.25, 0.3) is 120 Å². The fraction of sp³-hybridized carbons (Fsp3) is 0. The van der Waals surface area contributed by atoms with Gasteiger partial charge in [-0.2, -0.15) is 0 Å². The van der Waals surface area contributed by atoms with E-state index in [1.165, 1.54) is 53.7 Å². The van der Waals surface area contributed by atoms with Gasteiger partial charge in [-0.3, -0.25) is 0 Å². The van der Waals surface area contributed by atoms with E-state index in [1.54, 1.807) is 11.3 Å². The molecule has 3 nitrogen and oxygen atoms in total. The van der Waals surface area contributed by atoms with Crippen molar-refractivity contribution in [1.29, 1.82) is 0 Å². The van der Waals surface area contributed by atoms with Gasteiger partial charge in [0, 0.05) is 37.2 Å². The first-order chi connectivity index (χ1) is 24.8. The Morgan fingerprint density at radius 2 is 0.960 bits per heavy atom. The summed E-state index contributed by atoms with van der Waals surface area (Å²) in [5, 5.41) is 14.8. The van der Waals surface area contributed by atoms with Crippen molar-refractivity contribution in [2.24, 2.45) is 0 Å². The monoisotopic (exact) mass is 656 g/mol. The summed E-state index contributed by atoms with van der Waals surface area (Å²) >= 11 is 1.80. The lowest BCUT2D eigenvalue weighted by Crippen LogP contribution is -1.91. The lowest BCUT2D eigenvalue weighted by molar-refractivity contribution is 0.663. The second-order valence-electron chi connectivity index (χ2n) is 13.1. The molecule has 232 valence electrons. The van der Waals surface area contributed by atoms with E-state index in [-0.39, 0.29) is 0 Å². The van der Waals surface area contributed by atoms with Gasteiger partial charge in [0.1, 0.15) is 33.5 Å². The van der Waals surface area contributed by atoms with Crippen molar-refractivity contribution in [3.05, 3.63) is 145 Å². The van der Waals surface area contributed by atoms with Crippen LogP contribution in [0.4, 0.5) is 0 Å². The Balaban J connectivity index is 1.22. The van der Waals surface area contributed by atoms with E-state index >= 15 is 0 Å². The van der Waals surface area contributed by atoms with E-state index in [1.807, 2.05) is 18.2 Å².